The monoisotopic (exact) mass is 190 g/mol. The number of nitrogens with zero attached hydrogens (tertiary/aromatic N) is 1. The SMILES string of the molecule is CCC1(C)C(=O)NC1c1ccncc1. The van der Waals surface area contributed by atoms with Crippen molar-refractivity contribution in [2.45, 2.75) is 26.3 Å². The fourth-order valence-corrected chi connectivity index (χ4v) is 1.88. The first-order chi connectivity index (χ1) is 6.68. The maximum Gasteiger partial charge on any atom is 0.228 e. The van der Waals surface area contributed by atoms with E-state index in [-0.39, 0.29) is 17.4 Å². The van der Waals surface area contributed by atoms with Crippen molar-refractivity contribution in [3.05, 3.63) is 30.1 Å². The normalized spacial score (nSPS) is 30.7. The molecular weight excluding hydrogens is 176 g/mol. The van der Waals surface area contributed by atoms with Crippen molar-refractivity contribution in [3.63, 3.8) is 0 Å². The zero-order valence-electron chi connectivity index (χ0n) is 8.45. The van der Waals surface area contributed by atoms with Crippen LogP contribution in [-0.2, 0) is 4.79 Å². The second kappa shape index (κ2) is 3.08. The van der Waals surface area contributed by atoms with E-state index in [0.717, 1.165) is 12.0 Å². The van der Waals surface area contributed by atoms with E-state index in [1.165, 1.54) is 0 Å². The molecule has 2 atom stereocenters. The summed E-state index contributed by atoms with van der Waals surface area (Å²) in [5.41, 5.74) is 0.908. The summed E-state index contributed by atoms with van der Waals surface area (Å²) in [4.78, 5) is 15.4. The van der Waals surface area contributed by atoms with E-state index in [1.54, 1.807) is 12.4 Å². The van der Waals surface area contributed by atoms with Gasteiger partial charge in [-0.25, -0.2) is 0 Å². The molecule has 3 heteroatoms. The summed E-state index contributed by atoms with van der Waals surface area (Å²) in [6.07, 6.45) is 4.39. The van der Waals surface area contributed by atoms with Crippen LogP contribution >= 0.6 is 0 Å². The summed E-state index contributed by atoms with van der Waals surface area (Å²) < 4.78 is 0. The fraction of sp³-hybridized carbons (Fsp3) is 0.455. The second-order valence-corrected chi connectivity index (χ2v) is 3.96. The number of β-lactam (4-membered cyclic amide) rings is 1. The highest BCUT2D eigenvalue weighted by atomic mass is 16.2. The molecule has 1 amide bonds. The molecule has 0 spiro atoms. The first-order valence-electron chi connectivity index (χ1n) is 4.89. The average molecular weight is 190 g/mol. The zero-order chi connectivity index (χ0) is 10.2. The molecule has 14 heavy (non-hydrogen) atoms. The molecule has 2 rings (SSSR count). The van der Waals surface area contributed by atoms with E-state index in [2.05, 4.69) is 10.3 Å². The van der Waals surface area contributed by atoms with Crippen molar-refractivity contribution in [2.75, 3.05) is 0 Å². The molecule has 1 saturated heterocycles. The summed E-state index contributed by atoms with van der Waals surface area (Å²) in [6, 6.07) is 4.07. The third-order valence-corrected chi connectivity index (χ3v) is 3.21. The van der Waals surface area contributed by atoms with Crippen LogP contribution in [0.1, 0.15) is 31.9 Å². The number of aromatic nitrogens is 1. The molecule has 0 radical (unpaired) electrons. The highest BCUT2D eigenvalue weighted by molar-refractivity contribution is 5.90. The summed E-state index contributed by atoms with van der Waals surface area (Å²) in [5, 5.41) is 2.93. The van der Waals surface area contributed by atoms with Crippen molar-refractivity contribution in [1.82, 2.24) is 10.3 Å². The Bertz CT molecular complexity index is 350. The molecule has 0 saturated carbocycles. The lowest BCUT2D eigenvalue weighted by Gasteiger charge is -2.46. The Hall–Kier alpha value is -1.38. The fourth-order valence-electron chi connectivity index (χ4n) is 1.88. The Morgan fingerprint density at radius 2 is 2.14 bits per heavy atom. The predicted octanol–water partition coefficient (Wildman–Crippen LogP) is 1.67. The van der Waals surface area contributed by atoms with Gasteiger partial charge >= 0.3 is 0 Å². The van der Waals surface area contributed by atoms with Gasteiger partial charge in [0.1, 0.15) is 0 Å². The van der Waals surface area contributed by atoms with Gasteiger partial charge in [0.05, 0.1) is 11.5 Å². The molecule has 74 valence electrons. The largest absolute Gasteiger partial charge is 0.348 e. The number of hydrogen-bond acceptors (Lipinski definition) is 2. The summed E-state index contributed by atoms with van der Waals surface area (Å²) in [7, 11) is 0. The molecule has 1 aliphatic heterocycles. The second-order valence-electron chi connectivity index (χ2n) is 3.96. The molecule has 3 nitrogen and oxygen atoms in total. The highest BCUT2D eigenvalue weighted by Gasteiger charge is 2.50. The van der Waals surface area contributed by atoms with Crippen molar-refractivity contribution in [3.8, 4) is 0 Å². The number of carbonyl (C=O) groups is 1. The smallest absolute Gasteiger partial charge is 0.228 e. The third kappa shape index (κ3) is 1.12. The van der Waals surface area contributed by atoms with Gasteiger partial charge in [-0.05, 0) is 31.0 Å². The Morgan fingerprint density at radius 1 is 1.50 bits per heavy atom. The number of nitrogens with one attached hydrogen (secondary N) is 1. The minimum atomic E-state index is -0.235. The van der Waals surface area contributed by atoms with Gasteiger partial charge in [-0.1, -0.05) is 6.92 Å². The van der Waals surface area contributed by atoms with Crippen molar-refractivity contribution in [2.24, 2.45) is 5.41 Å². The predicted molar refractivity (Wildman–Crippen MR) is 53.5 cm³/mol. The van der Waals surface area contributed by atoms with Crippen molar-refractivity contribution in [1.29, 1.82) is 0 Å². The molecule has 0 aromatic carbocycles. The lowest BCUT2D eigenvalue weighted by molar-refractivity contribution is -0.145. The minimum Gasteiger partial charge on any atom is -0.348 e. The molecule has 0 bridgehead atoms. The molecule has 1 N–H and O–H groups in total. The van der Waals surface area contributed by atoms with Crippen LogP contribution in [0.25, 0.3) is 0 Å². The van der Waals surface area contributed by atoms with Crippen molar-refractivity contribution < 1.29 is 4.79 Å². The van der Waals surface area contributed by atoms with Crippen LogP contribution < -0.4 is 5.32 Å². The Kier molecular flexibility index (Phi) is 2.02. The van der Waals surface area contributed by atoms with Gasteiger partial charge < -0.3 is 5.32 Å². The van der Waals surface area contributed by atoms with Gasteiger partial charge in [-0.2, -0.15) is 0 Å². The van der Waals surface area contributed by atoms with Gasteiger partial charge in [0.15, 0.2) is 0 Å². The van der Waals surface area contributed by atoms with E-state index in [1.807, 2.05) is 26.0 Å². The number of rotatable bonds is 2. The third-order valence-electron chi connectivity index (χ3n) is 3.21. The van der Waals surface area contributed by atoms with Crippen LogP contribution in [0, 0.1) is 5.41 Å². The topological polar surface area (TPSA) is 42.0 Å². The molecule has 2 heterocycles. The van der Waals surface area contributed by atoms with Crippen LogP contribution in [0.5, 0.6) is 0 Å². The molecule has 2 unspecified atom stereocenters. The molecule has 1 aromatic heterocycles. The maximum atomic E-state index is 11.4. The van der Waals surface area contributed by atoms with E-state index in [9.17, 15) is 4.79 Å². The number of amides is 1. The van der Waals surface area contributed by atoms with Gasteiger partial charge in [-0.3, -0.25) is 9.78 Å². The number of hydrogen-bond donors (Lipinski definition) is 1. The van der Waals surface area contributed by atoms with E-state index in [0.29, 0.717) is 0 Å². The van der Waals surface area contributed by atoms with E-state index < -0.39 is 0 Å². The lowest BCUT2D eigenvalue weighted by Crippen LogP contribution is -2.59. The van der Waals surface area contributed by atoms with Crippen LogP contribution in [0.3, 0.4) is 0 Å². The van der Waals surface area contributed by atoms with Crippen LogP contribution in [0.2, 0.25) is 0 Å². The Labute approximate surface area is 83.5 Å². The molecule has 0 aliphatic carbocycles. The van der Waals surface area contributed by atoms with Crippen LogP contribution in [-0.4, -0.2) is 10.9 Å². The number of pyridine rings is 1. The molecule has 1 fully saturated rings. The quantitative estimate of drug-likeness (QED) is 0.721. The standard InChI is InChI=1S/C11H14N2O/c1-3-11(2)9(13-10(11)14)8-4-6-12-7-5-8/h4-7,9H,3H2,1-2H3,(H,13,14). The van der Waals surface area contributed by atoms with E-state index >= 15 is 0 Å². The molecule has 1 aliphatic rings. The van der Waals surface area contributed by atoms with E-state index in [4.69, 9.17) is 0 Å². The van der Waals surface area contributed by atoms with Crippen molar-refractivity contribution >= 4 is 5.91 Å². The Balaban J connectivity index is 2.27. The highest BCUT2D eigenvalue weighted by Crippen LogP contribution is 2.44. The Morgan fingerprint density at radius 3 is 2.64 bits per heavy atom. The maximum absolute atomic E-state index is 11.4. The van der Waals surface area contributed by atoms with Gasteiger partial charge in [0, 0.05) is 12.4 Å². The molecular formula is C11H14N2O. The lowest BCUT2D eigenvalue weighted by atomic mass is 9.69. The summed E-state index contributed by atoms with van der Waals surface area (Å²) >= 11 is 0. The van der Waals surface area contributed by atoms with Gasteiger partial charge in [-0.15, -0.1) is 0 Å². The first kappa shape index (κ1) is 9.19. The summed E-state index contributed by atoms with van der Waals surface area (Å²) in [6.45, 7) is 4.06. The van der Waals surface area contributed by atoms with Crippen LogP contribution in [0.15, 0.2) is 24.5 Å². The first-order valence-corrected chi connectivity index (χ1v) is 4.89. The van der Waals surface area contributed by atoms with Gasteiger partial charge in [0.25, 0.3) is 0 Å². The van der Waals surface area contributed by atoms with Crippen LogP contribution in [0.4, 0.5) is 0 Å². The minimum absolute atomic E-state index is 0.154. The van der Waals surface area contributed by atoms with Gasteiger partial charge in [0.2, 0.25) is 5.91 Å². The summed E-state index contributed by atoms with van der Waals surface area (Å²) in [5.74, 6) is 0.154. The number of carbonyl (C=O) groups excluding carboxylic acids is 1. The zero-order valence-corrected chi connectivity index (χ0v) is 8.45. The molecule has 1 aromatic rings. The average Bonchev–Trinajstić information content (AvgIpc) is 2.25.